The molecular weight excluding hydrogens is 846 g/mol. The van der Waals surface area contributed by atoms with Crippen molar-refractivity contribution in [1.82, 2.24) is 0 Å². The zero-order valence-electron chi connectivity index (χ0n) is 42.4. The largest absolute Gasteiger partial charge is 0.472 e. The van der Waals surface area contributed by atoms with E-state index < -0.39 is 26.5 Å². The third kappa shape index (κ3) is 50.9. The summed E-state index contributed by atoms with van der Waals surface area (Å²) >= 11 is 0. The number of hydrogen-bond donors (Lipinski definition) is 2. The molecule has 0 aliphatic rings. The molecule has 0 aromatic carbocycles. The molecule has 0 spiro atoms. The van der Waals surface area contributed by atoms with Crippen LogP contribution < -0.4 is 5.73 Å². The van der Waals surface area contributed by atoms with Crippen LogP contribution in [-0.2, 0) is 32.7 Å². The maximum atomic E-state index is 12.7. The molecule has 0 rings (SSSR count). The molecule has 2 unspecified atom stereocenters. The normalized spacial score (nSPS) is 13.7. The number of phosphoric ester groups is 1. The van der Waals surface area contributed by atoms with Crippen molar-refractivity contribution >= 4 is 19.8 Å². The van der Waals surface area contributed by atoms with E-state index in [1.807, 2.05) is 0 Å². The van der Waals surface area contributed by atoms with Crippen molar-refractivity contribution in [2.24, 2.45) is 5.73 Å². The Kier molecular flexibility index (Phi) is 49.8. The van der Waals surface area contributed by atoms with Crippen molar-refractivity contribution in [3.05, 3.63) is 72.9 Å². The minimum Gasteiger partial charge on any atom is -0.462 e. The number of hydrogen-bond acceptors (Lipinski definition) is 8. The van der Waals surface area contributed by atoms with Crippen LogP contribution in [0, 0.1) is 0 Å². The Morgan fingerprint density at radius 2 is 0.833 bits per heavy atom. The van der Waals surface area contributed by atoms with Crippen LogP contribution in [0.15, 0.2) is 72.9 Å². The van der Waals surface area contributed by atoms with Gasteiger partial charge in [-0.25, -0.2) is 4.57 Å². The maximum Gasteiger partial charge on any atom is 0.472 e. The summed E-state index contributed by atoms with van der Waals surface area (Å²) in [6.07, 6.45) is 65.1. The minimum atomic E-state index is -4.39. The Morgan fingerprint density at radius 3 is 1.24 bits per heavy atom. The zero-order chi connectivity index (χ0) is 48.1. The molecule has 0 aliphatic heterocycles. The van der Waals surface area contributed by atoms with Crippen LogP contribution >= 0.6 is 7.82 Å². The molecule has 0 bridgehead atoms. The first-order chi connectivity index (χ1) is 32.3. The van der Waals surface area contributed by atoms with Gasteiger partial charge in [0.05, 0.1) is 13.2 Å². The first-order valence-corrected chi connectivity index (χ1v) is 28.4. The minimum absolute atomic E-state index is 0.0500. The first-order valence-electron chi connectivity index (χ1n) is 26.9. The van der Waals surface area contributed by atoms with Gasteiger partial charge in [-0.3, -0.25) is 18.6 Å². The highest BCUT2D eigenvalue weighted by Crippen LogP contribution is 2.43. The first kappa shape index (κ1) is 63.5. The molecule has 0 aromatic heterocycles. The van der Waals surface area contributed by atoms with Gasteiger partial charge in [0, 0.05) is 19.4 Å². The van der Waals surface area contributed by atoms with E-state index in [4.69, 9.17) is 24.3 Å². The summed E-state index contributed by atoms with van der Waals surface area (Å²) in [6.45, 7) is 3.62. The number of esters is 2. The van der Waals surface area contributed by atoms with Gasteiger partial charge >= 0.3 is 19.8 Å². The second-order valence-electron chi connectivity index (χ2n) is 17.7. The predicted octanol–water partition coefficient (Wildman–Crippen LogP) is 16.6. The molecule has 382 valence electrons. The summed E-state index contributed by atoms with van der Waals surface area (Å²) in [4.78, 5) is 35.1. The quantitative estimate of drug-likeness (QED) is 0.0264. The van der Waals surface area contributed by atoms with Gasteiger partial charge in [0.25, 0.3) is 0 Å². The molecule has 0 radical (unpaired) electrons. The molecule has 3 N–H and O–H groups in total. The molecule has 10 heteroatoms. The summed E-state index contributed by atoms with van der Waals surface area (Å²) in [7, 11) is -4.39. The number of phosphoric acid groups is 1. The highest BCUT2D eigenvalue weighted by molar-refractivity contribution is 7.47. The average molecular weight is 946 g/mol. The van der Waals surface area contributed by atoms with Crippen LogP contribution in [0.4, 0.5) is 0 Å². The number of allylic oxidation sites excluding steroid dienone is 12. The maximum absolute atomic E-state index is 12.7. The fourth-order valence-corrected chi connectivity index (χ4v) is 8.13. The predicted molar refractivity (Wildman–Crippen MR) is 279 cm³/mol. The monoisotopic (exact) mass is 946 g/mol. The number of carbonyl (C=O) groups is 2. The fraction of sp³-hybridized carbons (Fsp3) is 0.750. The van der Waals surface area contributed by atoms with Gasteiger partial charge in [-0.2, -0.15) is 0 Å². The third-order valence-electron chi connectivity index (χ3n) is 11.3. The van der Waals surface area contributed by atoms with Gasteiger partial charge in [0.15, 0.2) is 6.10 Å². The van der Waals surface area contributed by atoms with E-state index in [0.717, 1.165) is 83.5 Å². The molecule has 0 heterocycles. The molecule has 0 aromatic rings. The number of carbonyl (C=O) groups excluding carboxylic acids is 2. The van der Waals surface area contributed by atoms with Crippen molar-refractivity contribution in [3.63, 3.8) is 0 Å². The lowest BCUT2D eigenvalue weighted by molar-refractivity contribution is -0.161. The van der Waals surface area contributed by atoms with Crippen LogP contribution in [0.5, 0.6) is 0 Å². The van der Waals surface area contributed by atoms with E-state index in [0.29, 0.717) is 6.42 Å². The van der Waals surface area contributed by atoms with Crippen LogP contribution in [0.1, 0.15) is 239 Å². The molecule has 0 amide bonds. The van der Waals surface area contributed by atoms with Crippen molar-refractivity contribution in [2.45, 2.75) is 245 Å². The third-order valence-corrected chi connectivity index (χ3v) is 12.3. The topological polar surface area (TPSA) is 134 Å². The summed E-state index contributed by atoms with van der Waals surface area (Å²) < 4.78 is 33.0. The molecule has 2 atom stereocenters. The van der Waals surface area contributed by atoms with Crippen LogP contribution in [0.3, 0.4) is 0 Å². The van der Waals surface area contributed by atoms with Gasteiger partial charge in [-0.15, -0.1) is 0 Å². The van der Waals surface area contributed by atoms with Gasteiger partial charge in [0.2, 0.25) is 0 Å². The SMILES string of the molecule is CC/C=C\C/C=C\C/C=C\C/C=C\CCCCCCCCCCCCCCCCC(=O)OC(COC(=O)CCCCCCCCC/C=C\C/C=C\CCCCCC)COP(=O)(O)OCCN. The van der Waals surface area contributed by atoms with Crippen LogP contribution in [0.25, 0.3) is 0 Å². The Morgan fingerprint density at radius 1 is 0.470 bits per heavy atom. The lowest BCUT2D eigenvalue weighted by Crippen LogP contribution is -2.29. The lowest BCUT2D eigenvalue weighted by Gasteiger charge is -2.19. The van der Waals surface area contributed by atoms with E-state index >= 15 is 0 Å². The second-order valence-corrected chi connectivity index (χ2v) is 19.2. The standard InChI is InChI=1S/C56H100NO8P/c1-3-5-7-9-11-13-15-17-19-21-23-24-25-26-27-28-29-30-31-33-35-37-39-41-43-45-47-49-56(59)65-54(53-64-66(60,61)63-51-50-57)52-62-55(58)48-46-44-42-40-38-36-34-32-22-20-18-16-14-12-10-8-6-4-2/h5,7,11,13-14,16-17,19-20,22-24,54H,3-4,6,8-10,12,15,18,21,25-53,57H2,1-2H3,(H,60,61)/b7-5-,13-11-,16-14-,19-17-,22-20-,24-23-. The van der Waals surface area contributed by atoms with E-state index in [2.05, 4.69) is 86.8 Å². The van der Waals surface area contributed by atoms with E-state index in [-0.39, 0.29) is 38.6 Å². The number of rotatable bonds is 50. The Labute approximate surface area is 405 Å². The smallest absolute Gasteiger partial charge is 0.462 e. The lowest BCUT2D eigenvalue weighted by atomic mass is 10.0. The fourth-order valence-electron chi connectivity index (χ4n) is 7.36. The van der Waals surface area contributed by atoms with Crippen molar-refractivity contribution in [3.8, 4) is 0 Å². The van der Waals surface area contributed by atoms with E-state index in [9.17, 15) is 19.0 Å². The number of unbranched alkanes of at least 4 members (excludes halogenated alkanes) is 25. The summed E-state index contributed by atoms with van der Waals surface area (Å²) in [6, 6.07) is 0. The molecule has 9 nitrogen and oxygen atoms in total. The molecule has 0 saturated carbocycles. The van der Waals surface area contributed by atoms with Gasteiger partial charge < -0.3 is 20.1 Å². The van der Waals surface area contributed by atoms with Gasteiger partial charge in [0.1, 0.15) is 6.61 Å². The average Bonchev–Trinajstić information content (AvgIpc) is 3.31. The van der Waals surface area contributed by atoms with E-state index in [1.165, 1.54) is 122 Å². The highest BCUT2D eigenvalue weighted by Gasteiger charge is 2.26. The number of nitrogens with two attached hydrogens (primary N) is 1. The molecule has 66 heavy (non-hydrogen) atoms. The Hall–Kier alpha value is -2.55. The van der Waals surface area contributed by atoms with Gasteiger partial charge in [-0.1, -0.05) is 215 Å². The molecule has 0 saturated heterocycles. The van der Waals surface area contributed by atoms with Gasteiger partial charge in [-0.05, 0) is 83.5 Å². The molecule has 0 aliphatic carbocycles. The van der Waals surface area contributed by atoms with Crippen LogP contribution in [0.2, 0.25) is 0 Å². The van der Waals surface area contributed by atoms with E-state index in [1.54, 1.807) is 0 Å². The van der Waals surface area contributed by atoms with Crippen molar-refractivity contribution in [2.75, 3.05) is 26.4 Å². The summed E-state index contributed by atoms with van der Waals surface area (Å²) in [5, 5.41) is 0. The summed E-state index contributed by atoms with van der Waals surface area (Å²) in [5.41, 5.74) is 5.37. The molecular formula is C56H100NO8P. The Bertz CT molecular complexity index is 1310. The highest BCUT2D eigenvalue weighted by atomic mass is 31.2. The summed E-state index contributed by atoms with van der Waals surface area (Å²) in [5.74, 6) is -0.835. The van der Waals surface area contributed by atoms with Crippen LogP contribution in [-0.4, -0.2) is 49.3 Å². The van der Waals surface area contributed by atoms with Crippen molar-refractivity contribution in [1.29, 1.82) is 0 Å². The molecule has 0 fully saturated rings. The Balaban J connectivity index is 4.00. The second kappa shape index (κ2) is 51.8. The number of ether oxygens (including phenoxy) is 2. The van der Waals surface area contributed by atoms with Crippen molar-refractivity contribution < 1.29 is 37.6 Å². The zero-order valence-corrected chi connectivity index (χ0v) is 43.3.